The van der Waals surface area contributed by atoms with Crippen molar-refractivity contribution in [1.82, 2.24) is 14.7 Å². The van der Waals surface area contributed by atoms with Gasteiger partial charge in [0.05, 0.1) is 18.6 Å². The Morgan fingerprint density at radius 3 is 2.40 bits per heavy atom. The predicted molar refractivity (Wildman–Crippen MR) is 135 cm³/mol. The lowest BCUT2D eigenvalue weighted by atomic mass is 9.66. The van der Waals surface area contributed by atoms with Crippen molar-refractivity contribution in [2.75, 3.05) is 39.6 Å². The number of urea groups is 1. The van der Waals surface area contributed by atoms with E-state index in [2.05, 4.69) is 5.32 Å². The molecule has 4 rings (SSSR count). The third kappa shape index (κ3) is 4.33. The summed E-state index contributed by atoms with van der Waals surface area (Å²) in [4.78, 5) is 45.6. The van der Waals surface area contributed by atoms with E-state index in [1.54, 1.807) is 37.1 Å². The summed E-state index contributed by atoms with van der Waals surface area (Å²) < 4.78 is 5.25. The Kier molecular flexibility index (Phi) is 6.74. The lowest BCUT2D eigenvalue weighted by Gasteiger charge is -2.56. The van der Waals surface area contributed by atoms with Gasteiger partial charge in [-0.05, 0) is 50.5 Å². The molecule has 8 heteroatoms. The first-order valence-electron chi connectivity index (χ1n) is 12.0. The van der Waals surface area contributed by atoms with Crippen LogP contribution in [-0.4, -0.2) is 78.4 Å². The number of methoxy groups -OCH3 is 1. The number of amides is 4. The van der Waals surface area contributed by atoms with Crippen LogP contribution >= 0.6 is 0 Å². The molecule has 0 bridgehead atoms. The van der Waals surface area contributed by atoms with Crippen molar-refractivity contribution in [2.24, 2.45) is 0 Å². The molecule has 1 saturated heterocycles. The molecule has 1 spiro atoms. The number of carbonyl (C=O) groups excluding carboxylic acids is 3. The van der Waals surface area contributed by atoms with Crippen LogP contribution in [0.4, 0.5) is 10.5 Å². The second kappa shape index (κ2) is 9.60. The molecule has 1 fully saturated rings. The maximum absolute atomic E-state index is 13.7. The maximum Gasteiger partial charge on any atom is 0.321 e. The standard InChI is InChI=1S/C27H34N4O4/c1-18(2)31-24(32)22-12-7-6-11-21(22)23(25(33)29(3)4)27(31)13-15-30(16-14-27)26(34)28-19-9-8-10-20(17-19)35-5/h6-12,17-18,23H,13-16H2,1-5H3,(H,28,34). The highest BCUT2D eigenvalue weighted by atomic mass is 16.5. The first kappa shape index (κ1) is 24.6. The van der Waals surface area contributed by atoms with Gasteiger partial charge in [0.25, 0.3) is 5.91 Å². The van der Waals surface area contributed by atoms with Crippen LogP contribution in [0.25, 0.3) is 0 Å². The summed E-state index contributed by atoms with van der Waals surface area (Å²) >= 11 is 0. The van der Waals surface area contributed by atoms with Crippen molar-refractivity contribution in [1.29, 1.82) is 0 Å². The number of nitrogens with one attached hydrogen (secondary N) is 1. The predicted octanol–water partition coefficient (Wildman–Crippen LogP) is 3.80. The van der Waals surface area contributed by atoms with Crippen LogP contribution in [0.15, 0.2) is 48.5 Å². The number of nitrogens with zero attached hydrogens (tertiary/aromatic N) is 3. The van der Waals surface area contributed by atoms with Crippen LogP contribution in [0.5, 0.6) is 5.75 Å². The van der Waals surface area contributed by atoms with Crippen LogP contribution in [0.1, 0.15) is 48.5 Å². The van der Waals surface area contributed by atoms with Crippen LogP contribution in [0, 0.1) is 0 Å². The average molecular weight is 479 g/mol. The monoisotopic (exact) mass is 478 g/mol. The normalized spacial score (nSPS) is 18.9. The Labute approximate surface area is 206 Å². The van der Waals surface area contributed by atoms with E-state index in [1.165, 1.54) is 0 Å². The Balaban J connectivity index is 1.65. The van der Waals surface area contributed by atoms with Crippen LogP contribution in [0.2, 0.25) is 0 Å². The summed E-state index contributed by atoms with van der Waals surface area (Å²) in [6.45, 7) is 4.86. The molecule has 2 aromatic carbocycles. The van der Waals surface area contributed by atoms with Crippen molar-refractivity contribution in [3.63, 3.8) is 0 Å². The van der Waals surface area contributed by atoms with Gasteiger partial charge < -0.3 is 24.8 Å². The van der Waals surface area contributed by atoms with Gasteiger partial charge in [-0.2, -0.15) is 0 Å². The van der Waals surface area contributed by atoms with E-state index in [0.29, 0.717) is 42.9 Å². The van der Waals surface area contributed by atoms with Gasteiger partial charge in [-0.3, -0.25) is 9.59 Å². The highest BCUT2D eigenvalue weighted by Gasteiger charge is 2.56. The molecule has 0 aliphatic carbocycles. The largest absolute Gasteiger partial charge is 0.497 e. The fourth-order valence-corrected chi connectivity index (χ4v) is 5.60. The lowest BCUT2D eigenvalue weighted by Crippen LogP contribution is -2.67. The van der Waals surface area contributed by atoms with E-state index in [9.17, 15) is 14.4 Å². The average Bonchev–Trinajstić information content (AvgIpc) is 2.84. The number of likely N-dealkylation sites (tertiary alicyclic amines) is 1. The topological polar surface area (TPSA) is 82.2 Å². The van der Waals surface area contributed by atoms with E-state index in [1.807, 2.05) is 61.2 Å². The zero-order valence-corrected chi connectivity index (χ0v) is 21.1. The summed E-state index contributed by atoms with van der Waals surface area (Å²) in [6.07, 6.45) is 1.03. The summed E-state index contributed by atoms with van der Waals surface area (Å²) in [6, 6.07) is 14.4. The van der Waals surface area contributed by atoms with E-state index < -0.39 is 11.5 Å². The lowest BCUT2D eigenvalue weighted by molar-refractivity contribution is -0.136. The van der Waals surface area contributed by atoms with Crippen LogP contribution < -0.4 is 10.1 Å². The Hall–Kier alpha value is -3.55. The highest BCUT2D eigenvalue weighted by molar-refractivity contribution is 6.02. The van der Waals surface area contributed by atoms with Gasteiger partial charge >= 0.3 is 6.03 Å². The minimum atomic E-state index is -0.701. The van der Waals surface area contributed by atoms with Crippen molar-refractivity contribution in [2.45, 2.75) is 44.2 Å². The van der Waals surface area contributed by atoms with Gasteiger partial charge in [-0.1, -0.05) is 24.3 Å². The van der Waals surface area contributed by atoms with Gasteiger partial charge in [0.15, 0.2) is 0 Å². The highest BCUT2D eigenvalue weighted by Crippen LogP contribution is 2.48. The molecule has 4 amide bonds. The number of piperidine rings is 1. The third-order valence-electron chi connectivity index (χ3n) is 7.18. The van der Waals surface area contributed by atoms with Crippen molar-refractivity contribution >= 4 is 23.5 Å². The number of fused-ring (bicyclic) bond motifs is 1. The molecule has 2 aliphatic heterocycles. The summed E-state index contributed by atoms with van der Waals surface area (Å²) in [5.74, 6) is 0.104. The Morgan fingerprint density at radius 2 is 1.77 bits per heavy atom. The Morgan fingerprint density at radius 1 is 1.09 bits per heavy atom. The summed E-state index contributed by atoms with van der Waals surface area (Å²) in [5, 5.41) is 2.94. The van der Waals surface area contributed by atoms with E-state index >= 15 is 0 Å². The first-order valence-corrected chi connectivity index (χ1v) is 12.0. The SMILES string of the molecule is COc1cccc(NC(=O)N2CCC3(CC2)C(C(=O)N(C)C)c2ccccc2C(=O)N3C(C)C)c1. The number of hydrogen-bond acceptors (Lipinski definition) is 4. The van der Waals surface area contributed by atoms with Gasteiger partial charge in [0.1, 0.15) is 5.75 Å². The molecule has 0 aromatic heterocycles. The molecule has 186 valence electrons. The molecular formula is C27H34N4O4. The van der Waals surface area contributed by atoms with Crippen LogP contribution in [-0.2, 0) is 4.79 Å². The molecule has 8 nitrogen and oxygen atoms in total. The van der Waals surface area contributed by atoms with Crippen molar-refractivity contribution in [3.05, 3.63) is 59.7 Å². The number of anilines is 1. The number of ether oxygens (including phenoxy) is 1. The molecule has 1 N–H and O–H groups in total. The second-order valence-electron chi connectivity index (χ2n) is 9.77. The molecule has 0 saturated carbocycles. The van der Waals surface area contributed by atoms with Gasteiger partial charge in [-0.25, -0.2) is 4.79 Å². The van der Waals surface area contributed by atoms with Gasteiger partial charge in [-0.15, -0.1) is 0 Å². The van der Waals surface area contributed by atoms with Crippen molar-refractivity contribution < 1.29 is 19.1 Å². The van der Waals surface area contributed by atoms with E-state index in [-0.39, 0.29) is 23.9 Å². The number of rotatable bonds is 4. The van der Waals surface area contributed by atoms with E-state index in [0.717, 1.165) is 5.56 Å². The molecule has 1 unspecified atom stereocenters. The quantitative estimate of drug-likeness (QED) is 0.725. The fraction of sp³-hybridized carbons (Fsp3) is 0.444. The molecule has 2 heterocycles. The fourth-order valence-electron chi connectivity index (χ4n) is 5.60. The molecular weight excluding hydrogens is 444 g/mol. The number of benzene rings is 2. The Bertz CT molecular complexity index is 1120. The smallest absolute Gasteiger partial charge is 0.321 e. The molecule has 2 aromatic rings. The molecule has 35 heavy (non-hydrogen) atoms. The minimum Gasteiger partial charge on any atom is -0.497 e. The number of hydrogen-bond donors (Lipinski definition) is 1. The molecule has 1 atom stereocenters. The third-order valence-corrected chi connectivity index (χ3v) is 7.18. The number of likely N-dealkylation sites (N-methyl/N-ethyl adjacent to an activating group) is 1. The first-order chi connectivity index (χ1) is 16.7. The minimum absolute atomic E-state index is 0.0233. The second-order valence-corrected chi connectivity index (χ2v) is 9.77. The van der Waals surface area contributed by atoms with Gasteiger partial charge in [0.2, 0.25) is 5.91 Å². The zero-order chi connectivity index (χ0) is 25.3. The number of carbonyl (C=O) groups is 3. The van der Waals surface area contributed by atoms with Crippen LogP contribution in [0.3, 0.4) is 0 Å². The van der Waals surface area contributed by atoms with Gasteiger partial charge in [0, 0.05) is 50.5 Å². The van der Waals surface area contributed by atoms with Crippen molar-refractivity contribution in [3.8, 4) is 5.75 Å². The van der Waals surface area contributed by atoms with E-state index in [4.69, 9.17) is 4.74 Å². The zero-order valence-electron chi connectivity index (χ0n) is 21.1. The summed E-state index contributed by atoms with van der Waals surface area (Å²) in [7, 11) is 5.09. The molecule has 0 radical (unpaired) electrons. The summed E-state index contributed by atoms with van der Waals surface area (Å²) in [5.41, 5.74) is 1.32. The molecule has 2 aliphatic rings. The maximum atomic E-state index is 13.7.